The van der Waals surface area contributed by atoms with Gasteiger partial charge >= 0.3 is 0 Å². The molecule has 5 heteroatoms. The topological polar surface area (TPSA) is 51.8 Å². The molecule has 11 rings (SSSR count). The van der Waals surface area contributed by atoms with Crippen molar-refractivity contribution in [2.24, 2.45) is 0 Å². The van der Waals surface area contributed by atoms with Crippen LogP contribution in [0.4, 0.5) is 0 Å². The predicted molar refractivity (Wildman–Crippen MR) is 233 cm³/mol. The lowest BCUT2D eigenvalue weighted by molar-refractivity contribution is 0.669. The van der Waals surface area contributed by atoms with E-state index < -0.39 is 0 Å². The monoisotopic (exact) mass is 733 g/mol. The number of hydrogen-bond donors (Lipinski definition) is 0. The molecule has 0 spiro atoms. The zero-order valence-electron chi connectivity index (χ0n) is 30.1. The van der Waals surface area contributed by atoms with Crippen molar-refractivity contribution in [3.05, 3.63) is 188 Å². The smallest absolute Gasteiger partial charge is 0.167 e. The average Bonchev–Trinajstić information content (AvgIpc) is 3.85. The van der Waals surface area contributed by atoms with Gasteiger partial charge in [-0.1, -0.05) is 152 Å². The van der Waals surface area contributed by atoms with Gasteiger partial charge in [0.1, 0.15) is 11.2 Å². The first-order valence-electron chi connectivity index (χ1n) is 18.7. The van der Waals surface area contributed by atoms with E-state index in [0.717, 1.165) is 54.5 Å². The molecule has 262 valence electrons. The fourth-order valence-electron chi connectivity index (χ4n) is 7.86. The van der Waals surface area contributed by atoms with E-state index in [-0.39, 0.29) is 0 Å². The van der Waals surface area contributed by atoms with Gasteiger partial charge in [-0.15, -0.1) is 11.3 Å². The number of rotatable bonds is 6. The first-order chi connectivity index (χ1) is 27.7. The molecule has 3 heterocycles. The molecule has 8 aromatic carbocycles. The lowest BCUT2D eigenvalue weighted by Crippen LogP contribution is -2.00. The summed E-state index contributed by atoms with van der Waals surface area (Å²) in [5, 5.41) is 4.48. The Hall–Kier alpha value is -7.21. The average molecular weight is 734 g/mol. The van der Waals surface area contributed by atoms with Crippen LogP contribution < -0.4 is 0 Å². The molecule has 0 aliphatic carbocycles. The van der Waals surface area contributed by atoms with Crippen LogP contribution in [0.5, 0.6) is 0 Å². The van der Waals surface area contributed by atoms with Crippen LogP contribution in [-0.2, 0) is 0 Å². The number of para-hydroxylation sites is 1. The molecule has 0 bridgehead atoms. The fourth-order valence-corrected chi connectivity index (χ4v) is 9.06. The van der Waals surface area contributed by atoms with Gasteiger partial charge in [0, 0.05) is 42.1 Å². The lowest BCUT2D eigenvalue weighted by atomic mass is 9.94. The summed E-state index contributed by atoms with van der Waals surface area (Å²) in [5.41, 5.74) is 11.3. The van der Waals surface area contributed by atoms with Crippen LogP contribution in [0.3, 0.4) is 0 Å². The molecule has 0 N–H and O–H groups in total. The minimum atomic E-state index is 0.567. The van der Waals surface area contributed by atoms with Gasteiger partial charge in [0.05, 0.1) is 5.56 Å². The van der Waals surface area contributed by atoms with Gasteiger partial charge in [-0.25, -0.2) is 15.0 Å². The number of furan rings is 1. The normalized spacial score (nSPS) is 11.6. The first-order valence-corrected chi connectivity index (χ1v) is 19.5. The zero-order valence-corrected chi connectivity index (χ0v) is 30.9. The van der Waals surface area contributed by atoms with Crippen LogP contribution >= 0.6 is 11.3 Å². The third-order valence-corrected chi connectivity index (χ3v) is 11.8. The van der Waals surface area contributed by atoms with Gasteiger partial charge in [0.25, 0.3) is 0 Å². The number of hydrogen-bond acceptors (Lipinski definition) is 5. The molecule has 56 heavy (non-hydrogen) atoms. The Balaban J connectivity index is 1.08. The first kappa shape index (κ1) is 32.2. The molecule has 0 amide bonds. The highest BCUT2D eigenvalue weighted by Gasteiger charge is 2.20. The molecule has 0 fully saturated rings. The standard InChI is InChI=1S/C51H31N3OS/c1-4-14-32(15-5-1)35-27-29-46-44(30-35)41-23-13-25-43(48(41)56-46)51-53-49(34-18-8-3-9-19-34)52-50(54-51)42-24-12-22-40-39-28-26-36(31-45(39)55-47(40)42)38-21-11-10-20-37(38)33-16-6-2-7-17-33/h1-31H. The summed E-state index contributed by atoms with van der Waals surface area (Å²) >= 11 is 1.78. The third kappa shape index (κ3) is 5.48. The van der Waals surface area contributed by atoms with Gasteiger partial charge in [-0.05, 0) is 69.8 Å². The molecule has 0 atom stereocenters. The van der Waals surface area contributed by atoms with E-state index in [0.29, 0.717) is 17.5 Å². The number of thiophene rings is 1. The van der Waals surface area contributed by atoms with E-state index in [1.54, 1.807) is 11.3 Å². The Bertz CT molecular complexity index is 3240. The second kappa shape index (κ2) is 13.3. The van der Waals surface area contributed by atoms with E-state index in [9.17, 15) is 0 Å². The number of nitrogens with zero attached hydrogens (tertiary/aromatic N) is 3. The van der Waals surface area contributed by atoms with Crippen molar-refractivity contribution in [3.63, 3.8) is 0 Å². The van der Waals surface area contributed by atoms with Crippen LogP contribution in [0.25, 0.3) is 110 Å². The van der Waals surface area contributed by atoms with Crippen molar-refractivity contribution in [1.29, 1.82) is 0 Å². The SMILES string of the molecule is c1ccc(-c2ccc3sc4c(-c5nc(-c6ccccc6)nc(-c6cccc7c6oc6cc(-c8ccccc8-c8ccccc8)ccc67)n5)cccc4c3c2)cc1. The fraction of sp³-hybridized carbons (Fsp3) is 0. The van der Waals surface area contributed by atoms with E-state index in [4.69, 9.17) is 19.4 Å². The van der Waals surface area contributed by atoms with Gasteiger partial charge < -0.3 is 4.42 Å². The Morgan fingerprint density at radius 2 is 0.911 bits per heavy atom. The summed E-state index contributed by atoms with van der Waals surface area (Å²) < 4.78 is 9.17. The molecule has 11 aromatic rings. The van der Waals surface area contributed by atoms with Crippen molar-refractivity contribution in [2.75, 3.05) is 0 Å². The van der Waals surface area contributed by atoms with Gasteiger partial charge in [-0.2, -0.15) is 0 Å². The summed E-state index contributed by atoms with van der Waals surface area (Å²) in [6.45, 7) is 0. The molecule has 0 aliphatic heterocycles. The summed E-state index contributed by atoms with van der Waals surface area (Å²) in [5.74, 6) is 1.81. The zero-order chi connectivity index (χ0) is 37.0. The second-order valence-corrected chi connectivity index (χ2v) is 15.0. The highest BCUT2D eigenvalue weighted by molar-refractivity contribution is 7.26. The molecule has 3 aromatic heterocycles. The Kier molecular flexibility index (Phi) is 7.64. The van der Waals surface area contributed by atoms with Crippen molar-refractivity contribution in [3.8, 4) is 67.5 Å². The van der Waals surface area contributed by atoms with Crippen LogP contribution in [0.2, 0.25) is 0 Å². The molecular formula is C51H31N3OS. The predicted octanol–water partition coefficient (Wildman–Crippen LogP) is 14.1. The third-order valence-electron chi connectivity index (χ3n) is 10.6. The van der Waals surface area contributed by atoms with Crippen molar-refractivity contribution >= 4 is 53.4 Å². The molecular weight excluding hydrogens is 703 g/mol. The summed E-state index contributed by atoms with van der Waals surface area (Å²) in [7, 11) is 0. The van der Waals surface area contributed by atoms with Crippen LogP contribution in [0.15, 0.2) is 192 Å². The maximum atomic E-state index is 6.80. The van der Waals surface area contributed by atoms with Crippen molar-refractivity contribution < 1.29 is 4.42 Å². The minimum Gasteiger partial charge on any atom is -0.455 e. The molecule has 0 saturated carbocycles. The Morgan fingerprint density at radius 1 is 0.339 bits per heavy atom. The van der Waals surface area contributed by atoms with E-state index >= 15 is 0 Å². The van der Waals surface area contributed by atoms with Gasteiger partial charge in [0.2, 0.25) is 0 Å². The maximum absolute atomic E-state index is 6.80. The summed E-state index contributed by atoms with van der Waals surface area (Å²) in [6, 6.07) is 65.6. The molecule has 0 aliphatic rings. The largest absolute Gasteiger partial charge is 0.455 e. The van der Waals surface area contributed by atoms with Crippen molar-refractivity contribution in [2.45, 2.75) is 0 Å². The number of aromatic nitrogens is 3. The number of fused-ring (bicyclic) bond motifs is 6. The molecule has 0 saturated heterocycles. The van der Waals surface area contributed by atoms with E-state index in [2.05, 4.69) is 152 Å². The molecule has 0 unspecified atom stereocenters. The quantitative estimate of drug-likeness (QED) is 0.171. The highest BCUT2D eigenvalue weighted by atomic mass is 32.1. The van der Waals surface area contributed by atoms with Crippen LogP contribution in [0.1, 0.15) is 0 Å². The van der Waals surface area contributed by atoms with Gasteiger partial charge in [-0.3, -0.25) is 0 Å². The lowest BCUT2D eigenvalue weighted by Gasteiger charge is -2.10. The Labute approximate surface area is 327 Å². The second-order valence-electron chi connectivity index (χ2n) is 13.9. The van der Waals surface area contributed by atoms with Crippen LogP contribution in [-0.4, -0.2) is 15.0 Å². The van der Waals surface area contributed by atoms with Crippen LogP contribution in [0, 0.1) is 0 Å². The maximum Gasteiger partial charge on any atom is 0.167 e. The van der Waals surface area contributed by atoms with E-state index in [1.807, 2.05) is 36.4 Å². The number of benzene rings is 8. The summed E-state index contributed by atoms with van der Waals surface area (Å²) in [4.78, 5) is 15.5. The minimum absolute atomic E-state index is 0.567. The van der Waals surface area contributed by atoms with E-state index in [1.165, 1.54) is 37.7 Å². The van der Waals surface area contributed by atoms with Gasteiger partial charge in [0.15, 0.2) is 17.5 Å². The molecule has 0 radical (unpaired) electrons. The summed E-state index contributed by atoms with van der Waals surface area (Å²) in [6.07, 6.45) is 0. The molecule has 4 nitrogen and oxygen atoms in total. The Morgan fingerprint density at radius 3 is 1.66 bits per heavy atom. The highest BCUT2D eigenvalue weighted by Crippen LogP contribution is 2.43. The van der Waals surface area contributed by atoms with Crippen molar-refractivity contribution in [1.82, 2.24) is 15.0 Å².